The highest BCUT2D eigenvalue weighted by Crippen LogP contribution is 2.30. The normalized spacial score (nSPS) is 13.9. The van der Waals surface area contributed by atoms with E-state index in [4.69, 9.17) is 19.3 Å². The summed E-state index contributed by atoms with van der Waals surface area (Å²) in [5, 5.41) is 8.48. The molecule has 0 radical (unpaired) electrons. The van der Waals surface area contributed by atoms with Crippen molar-refractivity contribution in [2.75, 3.05) is 26.4 Å². The van der Waals surface area contributed by atoms with Crippen molar-refractivity contribution < 1.29 is 24.1 Å². The zero-order chi connectivity index (χ0) is 13.5. The molecule has 0 amide bonds. The molecule has 1 aromatic carbocycles. The van der Waals surface area contributed by atoms with Gasteiger partial charge in [-0.3, -0.25) is 4.79 Å². The Morgan fingerprint density at radius 1 is 1.21 bits per heavy atom. The number of benzene rings is 1. The number of carbonyl (C=O) groups is 1. The third-order valence-electron chi connectivity index (χ3n) is 2.81. The summed E-state index contributed by atoms with van der Waals surface area (Å²) in [4.78, 5) is 10.3. The maximum absolute atomic E-state index is 10.3. The number of hydrogen-bond donors (Lipinski definition) is 1. The maximum atomic E-state index is 10.3. The van der Waals surface area contributed by atoms with E-state index < -0.39 is 5.97 Å². The van der Waals surface area contributed by atoms with Gasteiger partial charge in [-0.25, -0.2) is 0 Å². The van der Waals surface area contributed by atoms with E-state index in [1.807, 2.05) is 18.2 Å². The first kappa shape index (κ1) is 13.7. The number of hydrogen-bond acceptors (Lipinski definition) is 4. The minimum absolute atomic E-state index is 0.0428. The lowest BCUT2D eigenvalue weighted by Crippen LogP contribution is -2.05. The quantitative estimate of drug-likeness (QED) is 0.796. The largest absolute Gasteiger partial charge is 0.490 e. The van der Waals surface area contributed by atoms with E-state index in [1.165, 1.54) is 0 Å². The SMILES string of the molecule is O=C(O)CCOCCc1ccc2c(c1)OCCCO2. The minimum Gasteiger partial charge on any atom is -0.490 e. The highest BCUT2D eigenvalue weighted by Gasteiger charge is 2.10. The van der Waals surface area contributed by atoms with Gasteiger partial charge in [-0.1, -0.05) is 6.07 Å². The molecule has 0 saturated carbocycles. The number of aliphatic carboxylic acids is 1. The average molecular weight is 266 g/mol. The van der Waals surface area contributed by atoms with E-state index in [-0.39, 0.29) is 13.0 Å². The van der Waals surface area contributed by atoms with Crippen LogP contribution in [0.25, 0.3) is 0 Å². The third kappa shape index (κ3) is 4.44. The average Bonchev–Trinajstić information content (AvgIpc) is 2.62. The first-order valence-corrected chi connectivity index (χ1v) is 6.44. The molecule has 1 heterocycles. The van der Waals surface area contributed by atoms with Gasteiger partial charge in [0.25, 0.3) is 0 Å². The van der Waals surface area contributed by atoms with Gasteiger partial charge in [0, 0.05) is 6.42 Å². The van der Waals surface area contributed by atoms with Crippen molar-refractivity contribution >= 4 is 5.97 Å². The highest BCUT2D eigenvalue weighted by molar-refractivity contribution is 5.66. The molecule has 0 aliphatic carbocycles. The van der Waals surface area contributed by atoms with Crippen LogP contribution >= 0.6 is 0 Å². The fraction of sp³-hybridized carbons (Fsp3) is 0.500. The Kier molecular flexibility index (Phi) is 5.03. The van der Waals surface area contributed by atoms with E-state index in [1.54, 1.807) is 0 Å². The predicted molar refractivity (Wildman–Crippen MR) is 68.8 cm³/mol. The summed E-state index contributed by atoms with van der Waals surface area (Å²) in [6, 6.07) is 5.85. The monoisotopic (exact) mass is 266 g/mol. The first-order valence-electron chi connectivity index (χ1n) is 6.44. The Morgan fingerprint density at radius 3 is 2.79 bits per heavy atom. The molecule has 104 valence electrons. The van der Waals surface area contributed by atoms with Crippen LogP contribution in [0.2, 0.25) is 0 Å². The number of carboxylic acid groups (broad SMARTS) is 1. The molecule has 0 fully saturated rings. The fourth-order valence-corrected chi connectivity index (χ4v) is 1.81. The summed E-state index contributed by atoms with van der Waals surface area (Å²) < 4.78 is 16.4. The highest BCUT2D eigenvalue weighted by atomic mass is 16.5. The molecule has 1 aromatic rings. The van der Waals surface area contributed by atoms with Crippen LogP contribution in [0, 0.1) is 0 Å². The van der Waals surface area contributed by atoms with Crippen molar-refractivity contribution in [1.82, 2.24) is 0 Å². The van der Waals surface area contributed by atoms with Crippen molar-refractivity contribution in [3.63, 3.8) is 0 Å². The van der Waals surface area contributed by atoms with Gasteiger partial charge in [0.2, 0.25) is 0 Å². The molecule has 5 heteroatoms. The van der Waals surface area contributed by atoms with Gasteiger partial charge >= 0.3 is 5.97 Å². The third-order valence-corrected chi connectivity index (χ3v) is 2.81. The van der Waals surface area contributed by atoms with Crippen molar-refractivity contribution in [1.29, 1.82) is 0 Å². The van der Waals surface area contributed by atoms with Crippen molar-refractivity contribution in [2.24, 2.45) is 0 Å². The molecule has 1 N–H and O–H groups in total. The Hall–Kier alpha value is -1.75. The Bertz CT molecular complexity index is 430. The summed E-state index contributed by atoms with van der Waals surface area (Å²) >= 11 is 0. The van der Waals surface area contributed by atoms with Crippen LogP contribution in [0.5, 0.6) is 11.5 Å². The molecule has 19 heavy (non-hydrogen) atoms. The molecular formula is C14H18O5. The molecule has 2 rings (SSSR count). The van der Waals surface area contributed by atoms with E-state index in [0.717, 1.165) is 29.9 Å². The zero-order valence-electron chi connectivity index (χ0n) is 10.8. The van der Waals surface area contributed by atoms with Gasteiger partial charge in [0.1, 0.15) is 0 Å². The summed E-state index contributed by atoms with van der Waals surface area (Å²) in [7, 11) is 0. The van der Waals surface area contributed by atoms with Gasteiger partial charge in [-0.2, -0.15) is 0 Å². The minimum atomic E-state index is -0.837. The van der Waals surface area contributed by atoms with Gasteiger partial charge in [0.05, 0.1) is 32.8 Å². The predicted octanol–water partition coefficient (Wildman–Crippen LogP) is 1.88. The second-order valence-electron chi connectivity index (χ2n) is 4.34. The Labute approximate surface area is 112 Å². The van der Waals surface area contributed by atoms with E-state index >= 15 is 0 Å². The lowest BCUT2D eigenvalue weighted by molar-refractivity contribution is -0.138. The molecule has 1 aliphatic rings. The standard InChI is InChI=1S/C14H18O5/c15-14(16)5-9-17-8-4-11-2-3-12-13(10-11)19-7-1-6-18-12/h2-3,10H,1,4-9H2,(H,15,16). The summed E-state index contributed by atoms with van der Waals surface area (Å²) in [6.45, 7) is 2.11. The summed E-state index contributed by atoms with van der Waals surface area (Å²) in [5.41, 5.74) is 1.10. The van der Waals surface area contributed by atoms with Gasteiger partial charge in [-0.15, -0.1) is 0 Å². The number of fused-ring (bicyclic) bond motifs is 1. The fourth-order valence-electron chi connectivity index (χ4n) is 1.81. The lowest BCUT2D eigenvalue weighted by atomic mass is 10.1. The molecule has 1 aliphatic heterocycles. The van der Waals surface area contributed by atoms with Crippen LogP contribution in [-0.4, -0.2) is 37.5 Å². The summed E-state index contributed by atoms with van der Waals surface area (Å²) in [6.07, 6.45) is 1.67. The van der Waals surface area contributed by atoms with Crippen molar-refractivity contribution in [3.8, 4) is 11.5 Å². The maximum Gasteiger partial charge on any atom is 0.305 e. The van der Waals surface area contributed by atoms with Crippen LogP contribution in [0.3, 0.4) is 0 Å². The number of carboxylic acids is 1. The molecular weight excluding hydrogens is 248 g/mol. The lowest BCUT2D eigenvalue weighted by Gasteiger charge is -2.09. The van der Waals surface area contributed by atoms with Gasteiger partial charge < -0.3 is 19.3 Å². The molecule has 5 nitrogen and oxygen atoms in total. The van der Waals surface area contributed by atoms with Crippen LogP contribution < -0.4 is 9.47 Å². The Balaban J connectivity index is 1.81. The van der Waals surface area contributed by atoms with Crippen LogP contribution in [0.1, 0.15) is 18.4 Å². The van der Waals surface area contributed by atoms with Crippen LogP contribution in [0.4, 0.5) is 0 Å². The molecule has 0 spiro atoms. The number of ether oxygens (including phenoxy) is 3. The molecule has 0 saturated heterocycles. The first-order chi connectivity index (χ1) is 9.25. The summed E-state index contributed by atoms with van der Waals surface area (Å²) in [5.74, 6) is 0.726. The topological polar surface area (TPSA) is 65.0 Å². The second kappa shape index (κ2) is 6.99. The molecule has 0 atom stereocenters. The van der Waals surface area contributed by atoms with Crippen molar-refractivity contribution in [3.05, 3.63) is 23.8 Å². The number of rotatable bonds is 6. The van der Waals surface area contributed by atoms with E-state index in [0.29, 0.717) is 19.8 Å². The second-order valence-corrected chi connectivity index (χ2v) is 4.34. The van der Waals surface area contributed by atoms with Crippen LogP contribution in [-0.2, 0) is 16.0 Å². The van der Waals surface area contributed by atoms with E-state index in [9.17, 15) is 4.79 Å². The molecule has 0 unspecified atom stereocenters. The van der Waals surface area contributed by atoms with Gasteiger partial charge in [-0.05, 0) is 24.1 Å². The Morgan fingerprint density at radius 2 is 2.00 bits per heavy atom. The zero-order valence-corrected chi connectivity index (χ0v) is 10.8. The molecule has 0 aromatic heterocycles. The molecule has 0 bridgehead atoms. The van der Waals surface area contributed by atoms with Gasteiger partial charge in [0.15, 0.2) is 11.5 Å². The van der Waals surface area contributed by atoms with Crippen LogP contribution in [0.15, 0.2) is 18.2 Å². The smallest absolute Gasteiger partial charge is 0.305 e. The van der Waals surface area contributed by atoms with E-state index in [2.05, 4.69) is 0 Å². The van der Waals surface area contributed by atoms with Crippen molar-refractivity contribution in [2.45, 2.75) is 19.3 Å².